The van der Waals surface area contributed by atoms with E-state index in [1.54, 1.807) is 0 Å². The van der Waals surface area contributed by atoms with Gasteiger partial charge < -0.3 is 10.4 Å². The molecular weight excluding hydrogens is 250 g/mol. The highest BCUT2D eigenvalue weighted by Gasteiger charge is 2.36. The standard InChI is InChI=1S/C13H25NO3S/c1-18(16,17)13-9-5-7-11(13)14-10-6-3-2-4-8-12(10)15/h10-15H,2-9H2,1H3. The van der Waals surface area contributed by atoms with E-state index < -0.39 is 9.84 Å². The molecule has 106 valence electrons. The van der Waals surface area contributed by atoms with E-state index in [0.29, 0.717) is 0 Å². The molecule has 0 radical (unpaired) electrons. The Labute approximate surface area is 110 Å². The first kappa shape index (κ1) is 14.3. The molecule has 4 unspecified atom stereocenters. The lowest BCUT2D eigenvalue weighted by Gasteiger charge is -2.28. The number of rotatable bonds is 3. The first-order chi connectivity index (χ1) is 8.48. The van der Waals surface area contributed by atoms with Gasteiger partial charge in [0, 0.05) is 18.3 Å². The van der Waals surface area contributed by atoms with Crippen LogP contribution in [0.3, 0.4) is 0 Å². The molecule has 0 heterocycles. The molecule has 0 amide bonds. The van der Waals surface area contributed by atoms with Crippen molar-refractivity contribution in [1.29, 1.82) is 0 Å². The molecule has 0 aromatic heterocycles. The third kappa shape index (κ3) is 3.45. The smallest absolute Gasteiger partial charge is 0.151 e. The van der Waals surface area contributed by atoms with Gasteiger partial charge in [-0.05, 0) is 25.7 Å². The van der Waals surface area contributed by atoms with Gasteiger partial charge in [-0.25, -0.2) is 8.42 Å². The molecule has 2 saturated carbocycles. The van der Waals surface area contributed by atoms with Crippen LogP contribution in [-0.4, -0.2) is 43.2 Å². The molecule has 2 aliphatic rings. The summed E-state index contributed by atoms with van der Waals surface area (Å²) in [6.07, 6.45) is 8.87. The molecule has 0 aliphatic heterocycles. The Morgan fingerprint density at radius 2 is 1.61 bits per heavy atom. The van der Waals surface area contributed by atoms with Crippen LogP contribution in [0.5, 0.6) is 0 Å². The summed E-state index contributed by atoms with van der Waals surface area (Å²) in [6.45, 7) is 0. The van der Waals surface area contributed by atoms with Gasteiger partial charge in [0.1, 0.15) is 0 Å². The Morgan fingerprint density at radius 1 is 0.944 bits per heavy atom. The van der Waals surface area contributed by atoms with Gasteiger partial charge in [-0.2, -0.15) is 0 Å². The zero-order valence-corrected chi connectivity index (χ0v) is 12.0. The molecular formula is C13H25NO3S. The van der Waals surface area contributed by atoms with Gasteiger partial charge in [0.25, 0.3) is 0 Å². The highest BCUT2D eigenvalue weighted by Crippen LogP contribution is 2.27. The summed E-state index contributed by atoms with van der Waals surface area (Å²) in [4.78, 5) is 0. The first-order valence-corrected chi connectivity index (χ1v) is 9.07. The fourth-order valence-corrected chi connectivity index (χ4v) is 4.79. The second-order valence-corrected chi connectivity index (χ2v) is 8.15. The van der Waals surface area contributed by atoms with E-state index in [4.69, 9.17) is 0 Å². The average Bonchev–Trinajstić information content (AvgIpc) is 2.65. The van der Waals surface area contributed by atoms with E-state index in [-0.39, 0.29) is 23.4 Å². The lowest BCUT2D eigenvalue weighted by atomic mass is 10.0. The Balaban J connectivity index is 1.99. The van der Waals surface area contributed by atoms with Crippen LogP contribution in [0.4, 0.5) is 0 Å². The number of hydrogen-bond donors (Lipinski definition) is 2. The summed E-state index contributed by atoms with van der Waals surface area (Å²) in [5.41, 5.74) is 0. The number of hydrogen-bond acceptors (Lipinski definition) is 4. The maximum Gasteiger partial charge on any atom is 0.151 e. The number of sulfone groups is 1. The molecule has 5 heteroatoms. The van der Waals surface area contributed by atoms with Crippen molar-refractivity contribution in [2.24, 2.45) is 0 Å². The predicted octanol–water partition coefficient (Wildman–Crippen LogP) is 1.24. The normalized spacial score (nSPS) is 38.6. The van der Waals surface area contributed by atoms with Gasteiger partial charge in [-0.1, -0.05) is 25.7 Å². The van der Waals surface area contributed by atoms with Gasteiger partial charge in [0.05, 0.1) is 11.4 Å². The van der Waals surface area contributed by atoms with Crippen LogP contribution in [-0.2, 0) is 9.84 Å². The Kier molecular flexibility index (Phi) is 4.67. The van der Waals surface area contributed by atoms with Crippen LogP contribution in [0, 0.1) is 0 Å². The fourth-order valence-electron chi connectivity index (χ4n) is 3.39. The summed E-state index contributed by atoms with van der Waals surface area (Å²) >= 11 is 0. The molecule has 0 spiro atoms. The zero-order chi connectivity index (χ0) is 13.2. The molecule has 0 aromatic rings. The van der Waals surface area contributed by atoms with E-state index in [9.17, 15) is 13.5 Å². The van der Waals surface area contributed by atoms with Crippen LogP contribution in [0.1, 0.15) is 51.4 Å². The van der Waals surface area contributed by atoms with Crippen molar-refractivity contribution >= 4 is 9.84 Å². The Morgan fingerprint density at radius 3 is 2.33 bits per heavy atom. The maximum atomic E-state index is 11.7. The molecule has 0 bridgehead atoms. The second kappa shape index (κ2) is 5.88. The summed E-state index contributed by atoms with van der Waals surface area (Å²) in [5, 5.41) is 13.3. The molecule has 0 saturated heterocycles. The van der Waals surface area contributed by atoms with Gasteiger partial charge in [-0.15, -0.1) is 0 Å². The average molecular weight is 275 g/mol. The fraction of sp³-hybridized carbons (Fsp3) is 1.00. The SMILES string of the molecule is CS(=O)(=O)C1CCCC1NC1CCCCCC1O. The van der Waals surface area contributed by atoms with Gasteiger partial charge >= 0.3 is 0 Å². The summed E-state index contributed by atoms with van der Waals surface area (Å²) in [5.74, 6) is 0. The minimum atomic E-state index is -2.97. The zero-order valence-electron chi connectivity index (χ0n) is 11.1. The van der Waals surface area contributed by atoms with Crippen molar-refractivity contribution in [3.8, 4) is 0 Å². The van der Waals surface area contributed by atoms with Crippen molar-refractivity contribution in [2.45, 2.75) is 74.8 Å². The number of aliphatic hydroxyl groups excluding tert-OH is 1. The monoisotopic (exact) mass is 275 g/mol. The van der Waals surface area contributed by atoms with Crippen molar-refractivity contribution in [2.75, 3.05) is 6.26 Å². The predicted molar refractivity (Wildman–Crippen MR) is 72.3 cm³/mol. The lowest BCUT2D eigenvalue weighted by Crippen LogP contribution is -2.49. The van der Waals surface area contributed by atoms with Gasteiger partial charge in [0.2, 0.25) is 0 Å². The molecule has 2 N–H and O–H groups in total. The molecule has 0 aromatic carbocycles. The van der Waals surface area contributed by atoms with Crippen LogP contribution in [0.25, 0.3) is 0 Å². The van der Waals surface area contributed by atoms with Crippen molar-refractivity contribution in [3.63, 3.8) is 0 Å². The topological polar surface area (TPSA) is 66.4 Å². The third-order valence-corrected chi connectivity index (χ3v) is 6.07. The van der Waals surface area contributed by atoms with E-state index in [1.165, 1.54) is 12.7 Å². The highest BCUT2D eigenvalue weighted by molar-refractivity contribution is 7.91. The number of aliphatic hydroxyl groups is 1. The minimum absolute atomic E-state index is 0.0396. The minimum Gasteiger partial charge on any atom is -0.392 e. The second-order valence-electron chi connectivity index (χ2n) is 5.88. The molecule has 4 atom stereocenters. The summed E-state index contributed by atoms with van der Waals surface area (Å²) in [7, 11) is -2.97. The van der Waals surface area contributed by atoms with Gasteiger partial charge in [-0.3, -0.25) is 0 Å². The van der Waals surface area contributed by atoms with E-state index in [0.717, 1.165) is 44.9 Å². The third-order valence-electron chi connectivity index (χ3n) is 4.41. The Hall–Kier alpha value is -0.130. The van der Waals surface area contributed by atoms with Crippen LogP contribution in [0.2, 0.25) is 0 Å². The first-order valence-electron chi connectivity index (χ1n) is 7.11. The van der Waals surface area contributed by atoms with Crippen molar-refractivity contribution < 1.29 is 13.5 Å². The van der Waals surface area contributed by atoms with Crippen LogP contribution >= 0.6 is 0 Å². The van der Waals surface area contributed by atoms with Crippen molar-refractivity contribution in [3.05, 3.63) is 0 Å². The van der Waals surface area contributed by atoms with E-state index >= 15 is 0 Å². The summed E-state index contributed by atoms with van der Waals surface area (Å²) in [6, 6.07) is 0.123. The largest absolute Gasteiger partial charge is 0.392 e. The molecule has 2 rings (SSSR count). The van der Waals surface area contributed by atoms with Crippen LogP contribution < -0.4 is 5.32 Å². The molecule has 4 nitrogen and oxygen atoms in total. The molecule has 18 heavy (non-hydrogen) atoms. The van der Waals surface area contributed by atoms with Crippen molar-refractivity contribution in [1.82, 2.24) is 5.32 Å². The van der Waals surface area contributed by atoms with Crippen LogP contribution in [0.15, 0.2) is 0 Å². The molecule has 2 fully saturated rings. The maximum absolute atomic E-state index is 11.7. The van der Waals surface area contributed by atoms with E-state index in [1.807, 2.05) is 0 Å². The van der Waals surface area contributed by atoms with Gasteiger partial charge in [0.15, 0.2) is 9.84 Å². The van der Waals surface area contributed by atoms with E-state index in [2.05, 4.69) is 5.32 Å². The quantitative estimate of drug-likeness (QED) is 0.760. The summed E-state index contributed by atoms with van der Waals surface area (Å²) < 4.78 is 23.5. The Bertz CT molecular complexity index is 368. The molecule has 2 aliphatic carbocycles. The lowest BCUT2D eigenvalue weighted by molar-refractivity contribution is 0.114. The highest BCUT2D eigenvalue weighted by atomic mass is 32.2. The number of nitrogens with one attached hydrogen (secondary N) is 1.